The van der Waals surface area contributed by atoms with Crippen LogP contribution in [-0.4, -0.2) is 13.2 Å². The van der Waals surface area contributed by atoms with Crippen LogP contribution >= 0.6 is 15.9 Å². The maximum Gasteiger partial charge on any atom is 0.127 e. The minimum atomic E-state index is 0.828. The maximum absolute atomic E-state index is 5.70. The third-order valence-electron chi connectivity index (χ3n) is 3.10. The topological polar surface area (TPSA) is 21.3 Å². The zero-order valence-electron chi connectivity index (χ0n) is 10.4. The average Bonchev–Trinajstić information content (AvgIpc) is 2.76. The van der Waals surface area contributed by atoms with Crippen LogP contribution in [0.15, 0.2) is 16.6 Å². The highest BCUT2D eigenvalue weighted by Crippen LogP contribution is 2.32. The lowest BCUT2D eigenvalue weighted by Crippen LogP contribution is -2.15. The van der Waals surface area contributed by atoms with Crippen LogP contribution in [0.3, 0.4) is 0 Å². The van der Waals surface area contributed by atoms with Crippen molar-refractivity contribution in [3.05, 3.63) is 27.7 Å². The monoisotopic (exact) mass is 297 g/mol. The molecule has 2 nitrogen and oxygen atoms in total. The molecular formula is C14H20BrNO. The molecule has 0 unspecified atom stereocenters. The Morgan fingerprint density at radius 1 is 1.35 bits per heavy atom. The van der Waals surface area contributed by atoms with Crippen molar-refractivity contribution >= 4 is 15.9 Å². The van der Waals surface area contributed by atoms with Gasteiger partial charge in [0, 0.05) is 23.0 Å². The summed E-state index contributed by atoms with van der Waals surface area (Å²) in [5.74, 6) is 1.11. The number of halogens is 1. The Hall–Kier alpha value is -0.540. The smallest absolute Gasteiger partial charge is 0.127 e. The molecule has 0 atom stereocenters. The molecule has 0 spiro atoms. The lowest BCUT2D eigenvalue weighted by Gasteiger charge is -2.10. The number of hydrogen-bond donors (Lipinski definition) is 1. The molecule has 1 aliphatic heterocycles. The number of hydrogen-bond acceptors (Lipinski definition) is 2. The molecule has 1 aromatic carbocycles. The first-order valence-electron chi connectivity index (χ1n) is 6.46. The van der Waals surface area contributed by atoms with Gasteiger partial charge in [0.15, 0.2) is 0 Å². The summed E-state index contributed by atoms with van der Waals surface area (Å²) in [4.78, 5) is 0. The van der Waals surface area contributed by atoms with E-state index in [1.807, 2.05) is 0 Å². The third-order valence-corrected chi connectivity index (χ3v) is 3.56. The molecule has 0 aromatic heterocycles. The number of unbranched alkanes of at least 4 members (excludes halogenated alkanes) is 2. The highest BCUT2D eigenvalue weighted by molar-refractivity contribution is 9.10. The van der Waals surface area contributed by atoms with Gasteiger partial charge in [-0.25, -0.2) is 0 Å². The Bertz CT molecular complexity index is 379. The van der Waals surface area contributed by atoms with Crippen molar-refractivity contribution in [2.75, 3.05) is 13.2 Å². The summed E-state index contributed by atoms with van der Waals surface area (Å²) in [6, 6.07) is 4.33. The van der Waals surface area contributed by atoms with E-state index >= 15 is 0 Å². The summed E-state index contributed by atoms with van der Waals surface area (Å²) < 4.78 is 6.86. The fraction of sp³-hybridized carbons (Fsp3) is 0.571. The van der Waals surface area contributed by atoms with Gasteiger partial charge < -0.3 is 10.1 Å². The zero-order valence-corrected chi connectivity index (χ0v) is 12.0. The highest BCUT2D eigenvalue weighted by Gasteiger charge is 2.16. The van der Waals surface area contributed by atoms with Gasteiger partial charge in [0.2, 0.25) is 0 Å². The van der Waals surface area contributed by atoms with E-state index in [1.54, 1.807) is 0 Å². The molecule has 0 bridgehead atoms. The van der Waals surface area contributed by atoms with Crippen molar-refractivity contribution in [1.82, 2.24) is 5.32 Å². The fourth-order valence-corrected chi connectivity index (χ4v) is 2.75. The van der Waals surface area contributed by atoms with Crippen LogP contribution in [0.1, 0.15) is 37.3 Å². The van der Waals surface area contributed by atoms with Crippen LogP contribution in [0.2, 0.25) is 0 Å². The van der Waals surface area contributed by atoms with Crippen molar-refractivity contribution < 1.29 is 4.74 Å². The number of ether oxygens (including phenoxy) is 1. The molecule has 1 N–H and O–H groups in total. The van der Waals surface area contributed by atoms with Crippen LogP contribution in [-0.2, 0) is 13.0 Å². The second-order valence-corrected chi connectivity index (χ2v) is 5.45. The minimum Gasteiger partial charge on any atom is -0.493 e. The van der Waals surface area contributed by atoms with E-state index in [0.717, 1.165) is 36.3 Å². The molecule has 0 saturated carbocycles. The highest BCUT2D eigenvalue weighted by atomic mass is 79.9. The lowest BCUT2D eigenvalue weighted by atomic mass is 10.1. The van der Waals surface area contributed by atoms with Crippen LogP contribution < -0.4 is 10.1 Å². The molecule has 3 heteroatoms. The van der Waals surface area contributed by atoms with Gasteiger partial charge in [0.1, 0.15) is 5.75 Å². The standard InChI is InChI=1S/C14H20BrNO/c1-2-3-4-6-16-10-12-9-13(15)8-11-5-7-17-14(11)12/h8-9,16H,2-7,10H2,1H3. The quantitative estimate of drug-likeness (QED) is 0.809. The minimum absolute atomic E-state index is 0.828. The Kier molecular flexibility index (Phi) is 4.86. The van der Waals surface area contributed by atoms with Gasteiger partial charge in [-0.2, -0.15) is 0 Å². The van der Waals surface area contributed by atoms with Crippen molar-refractivity contribution in [2.45, 2.75) is 39.2 Å². The Balaban J connectivity index is 1.92. The fourth-order valence-electron chi connectivity index (χ4n) is 2.20. The summed E-state index contributed by atoms with van der Waals surface area (Å²) in [7, 11) is 0. The lowest BCUT2D eigenvalue weighted by molar-refractivity contribution is 0.352. The molecule has 0 radical (unpaired) electrons. The van der Waals surface area contributed by atoms with E-state index in [0.29, 0.717) is 0 Å². The summed E-state index contributed by atoms with van der Waals surface area (Å²) >= 11 is 3.57. The van der Waals surface area contributed by atoms with Gasteiger partial charge in [0.25, 0.3) is 0 Å². The molecule has 1 heterocycles. The van der Waals surface area contributed by atoms with E-state index in [9.17, 15) is 0 Å². The maximum atomic E-state index is 5.70. The van der Waals surface area contributed by atoms with Gasteiger partial charge in [-0.1, -0.05) is 35.7 Å². The number of fused-ring (bicyclic) bond motifs is 1. The van der Waals surface area contributed by atoms with Crippen LogP contribution in [0.4, 0.5) is 0 Å². The second kappa shape index (κ2) is 6.41. The van der Waals surface area contributed by atoms with Crippen LogP contribution in [0.25, 0.3) is 0 Å². The molecule has 17 heavy (non-hydrogen) atoms. The molecule has 0 aliphatic carbocycles. The van der Waals surface area contributed by atoms with E-state index in [-0.39, 0.29) is 0 Å². The summed E-state index contributed by atoms with van der Waals surface area (Å²) in [5.41, 5.74) is 2.62. The van der Waals surface area contributed by atoms with Gasteiger partial charge >= 0.3 is 0 Å². The first kappa shape index (κ1) is 12.9. The molecule has 0 saturated heterocycles. The normalized spacial score (nSPS) is 13.5. The van der Waals surface area contributed by atoms with Crippen molar-refractivity contribution in [3.8, 4) is 5.75 Å². The van der Waals surface area contributed by atoms with Crippen molar-refractivity contribution in [1.29, 1.82) is 0 Å². The SMILES string of the molecule is CCCCCNCc1cc(Br)cc2c1OCC2. The van der Waals surface area contributed by atoms with E-state index in [1.165, 1.54) is 30.4 Å². The van der Waals surface area contributed by atoms with Gasteiger partial charge in [0.05, 0.1) is 6.61 Å². The number of benzene rings is 1. The molecule has 94 valence electrons. The summed E-state index contributed by atoms with van der Waals surface area (Å²) in [6.45, 7) is 5.06. The molecule has 2 rings (SSSR count). The molecule has 0 fully saturated rings. The van der Waals surface area contributed by atoms with Gasteiger partial charge in [-0.05, 0) is 30.7 Å². The number of nitrogens with one attached hydrogen (secondary N) is 1. The molecule has 1 aromatic rings. The third kappa shape index (κ3) is 3.46. The Morgan fingerprint density at radius 3 is 3.06 bits per heavy atom. The predicted octanol–water partition coefficient (Wildman–Crippen LogP) is 3.66. The molecular weight excluding hydrogens is 278 g/mol. The predicted molar refractivity (Wildman–Crippen MR) is 74.6 cm³/mol. The average molecular weight is 298 g/mol. The largest absolute Gasteiger partial charge is 0.493 e. The van der Waals surface area contributed by atoms with Gasteiger partial charge in [-0.3, -0.25) is 0 Å². The summed E-state index contributed by atoms with van der Waals surface area (Å²) in [6.07, 6.45) is 4.88. The van der Waals surface area contributed by atoms with E-state index < -0.39 is 0 Å². The second-order valence-electron chi connectivity index (χ2n) is 4.54. The Morgan fingerprint density at radius 2 is 2.24 bits per heavy atom. The van der Waals surface area contributed by atoms with Crippen LogP contribution in [0, 0.1) is 0 Å². The zero-order chi connectivity index (χ0) is 12.1. The number of rotatable bonds is 6. The first-order valence-corrected chi connectivity index (χ1v) is 7.25. The Labute approximate surface area is 112 Å². The van der Waals surface area contributed by atoms with Gasteiger partial charge in [-0.15, -0.1) is 0 Å². The van der Waals surface area contributed by atoms with E-state index in [2.05, 4.69) is 40.3 Å². The van der Waals surface area contributed by atoms with Crippen molar-refractivity contribution in [2.24, 2.45) is 0 Å². The molecule has 1 aliphatic rings. The van der Waals surface area contributed by atoms with Crippen molar-refractivity contribution in [3.63, 3.8) is 0 Å². The van der Waals surface area contributed by atoms with Crippen LogP contribution in [0.5, 0.6) is 5.75 Å². The first-order chi connectivity index (χ1) is 8.31. The summed E-state index contributed by atoms with van der Waals surface area (Å²) in [5, 5.41) is 3.49. The molecule has 0 amide bonds. The van der Waals surface area contributed by atoms with E-state index in [4.69, 9.17) is 4.74 Å².